The van der Waals surface area contributed by atoms with Gasteiger partial charge in [0.1, 0.15) is 0 Å². The zero-order chi connectivity index (χ0) is 25.5. The van der Waals surface area contributed by atoms with E-state index >= 15 is 0 Å². The molecule has 2 aliphatic carbocycles. The maximum Gasteiger partial charge on any atom is 0.0991 e. The van der Waals surface area contributed by atoms with E-state index in [9.17, 15) is 0 Å². The average molecular weight is 493 g/mol. The molecule has 0 bridgehead atoms. The Morgan fingerprint density at radius 1 is 0.676 bits per heavy atom. The molecule has 0 aliphatic heterocycles. The Balaban J connectivity index is 0.000000168. The van der Waals surface area contributed by atoms with Gasteiger partial charge in [-0.2, -0.15) is 20.7 Å². The normalized spacial score (nSPS) is 19.8. The maximum atomic E-state index is 8.84. The summed E-state index contributed by atoms with van der Waals surface area (Å²) < 4.78 is 0. The third-order valence-corrected chi connectivity index (χ3v) is 7.75. The fourth-order valence-electron chi connectivity index (χ4n) is 5.82. The quantitative estimate of drug-likeness (QED) is 0.389. The first-order valence-electron chi connectivity index (χ1n) is 12.3. The van der Waals surface area contributed by atoms with Gasteiger partial charge in [-0.3, -0.25) is 10.2 Å². The lowest BCUT2D eigenvalue weighted by Gasteiger charge is -2.18. The highest BCUT2D eigenvalue weighted by molar-refractivity contribution is 5.45. The molecule has 2 aliphatic rings. The molecular formula is C30H32N6O. The number of fused-ring (bicyclic) bond motifs is 2. The van der Waals surface area contributed by atoms with Gasteiger partial charge in [0.2, 0.25) is 0 Å². The smallest absolute Gasteiger partial charge is 0.0991 e. The van der Waals surface area contributed by atoms with Crippen LogP contribution in [0.2, 0.25) is 0 Å². The third-order valence-electron chi connectivity index (χ3n) is 7.75. The molecule has 37 heavy (non-hydrogen) atoms. The van der Waals surface area contributed by atoms with E-state index in [1.807, 2.05) is 36.7 Å². The van der Waals surface area contributed by atoms with Crippen molar-refractivity contribution in [3.8, 4) is 12.1 Å². The Bertz CT molecular complexity index is 1350. The predicted molar refractivity (Wildman–Crippen MR) is 142 cm³/mol. The van der Waals surface area contributed by atoms with E-state index in [4.69, 9.17) is 10.5 Å². The van der Waals surface area contributed by atoms with Crippen LogP contribution in [0.3, 0.4) is 0 Å². The fourth-order valence-corrected chi connectivity index (χ4v) is 5.82. The SMILES string of the molecule is CC1(C)C[C@H](c2ccc(C#N)cc2)c2cn[nH]c21.CC1(C)C[C@H](c2ccc(C#N)cc2)c2cn[nH]c21.O. The highest BCUT2D eigenvalue weighted by Crippen LogP contribution is 2.48. The molecule has 2 aromatic heterocycles. The van der Waals surface area contributed by atoms with Crippen LogP contribution in [0.15, 0.2) is 60.9 Å². The number of nitriles is 2. The second-order valence-corrected chi connectivity index (χ2v) is 11.1. The van der Waals surface area contributed by atoms with Crippen LogP contribution in [-0.4, -0.2) is 25.9 Å². The summed E-state index contributed by atoms with van der Waals surface area (Å²) in [7, 11) is 0. The number of rotatable bonds is 2. The lowest BCUT2D eigenvalue weighted by Crippen LogP contribution is -2.14. The van der Waals surface area contributed by atoms with Gasteiger partial charge in [0.25, 0.3) is 0 Å². The van der Waals surface area contributed by atoms with Crippen LogP contribution in [0.25, 0.3) is 0 Å². The maximum absolute atomic E-state index is 8.84. The first-order valence-corrected chi connectivity index (χ1v) is 12.3. The molecule has 0 saturated carbocycles. The zero-order valence-corrected chi connectivity index (χ0v) is 21.6. The Kier molecular flexibility index (Phi) is 6.78. The second-order valence-electron chi connectivity index (χ2n) is 11.1. The van der Waals surface area contributed by atoms with Gasteiger partial charge in [0.15, 0.2) is 0 Å². The molecule has 188 valence electrons. The Morgan fingerprint density at radius 3 is 1.35 bits per heavy atom. The third kappa shape index (κ3) is 4.67. The lowest BCUT2D eigenvalue weighted by atomic mass is 9.86. The van der Waals surface area contributed by atoms with E-state index in [0.717, 1.165) is 12.8 Å². The van der Waals surface area contributed by atoms with Crippen molar-refractivity contribution in [1.29, 1.82) is 10.5 Å². The molecule has 2 atom stereocenters. The van der Waals surface area contributed by atoms with Gasteiger partial charge < -0.3 is 5.48 Å². The van der Waals surface area contributed by atoms with E-state index in [1.54, 1.807) is 0 Å². The van der Waals surface area contributed by atoms with E-state index in [0.29, 0.717) is 23.0 Å². The summed E-state index contributed by atoms with van der Waals surface area (Å²) in [6.45, 7) is 8.97. The molecule has 0 fully saturated rings. The highest BCUT2D eigenvalue weighted by Gasteiger charge is 2.40. The van der Waals surface area contributed by atoms with Crippen LogP contribution in [0.1, 0.15) is 97.1 Å². The van der Waals surface area contributed by atoms with Gasteiger partial charge in [-0.15, -0.1) is 0 Å². The van der Waals surface area contributed by atoms with Crippen LogP contribution in [-0.2, 0) is 10.8 Å². The summed E-state index contributed by atoms with van der Waals surface area (Å²) >= 11 is 0. The summed E-state index contributed by atoms with van der Waals surface area (Å²) in [5.41, 5.74) is 9.33. The minimum Gasteiger partial charge on any atom is -0.412 e. The number of hydrogen-bond donors (Lipinski definition) is 2. The summed E-state index contributed by atoms with van der Waals surface area (Å²) in [6, 6.07) is 20.1. The number of aromatic amines is 2. The fraction of sp³-hybridized carbons (Fsp3) is 0.333. The van der Waals surface area contributed by atoms with E-state index < -0.39 is 0 Å². The first-order chi connectivity index (χ1) is 17.2. The van der Waals surface area contributed by atoms with Gasteiger partial charge in [0.05, 0.1) is 35.7 Å². The topological polar surface area (TPSA) is 136 Å². The van der Waals surface area contributed by atoms with Crippen LogP contribution >= 0.6 is 0 Å². The molecule has 0 saturated heterocycles. The van der Waals surface area contributed by atoms with Crippen molar-refractivity contribution >= 4 is 0 Å². The van der Waals surface area contributed by atoms with Crippen molar-refractivity contribution < 1.29 is 5.48 Å². The van der Waals surface area contributed by atoms with Gasteiger partial charge >= 0.3 is 0 Å². The standard InChI is InChI=1S/2C15H15N3.H2O/c2*1-15(2)7-12(13-9-17-18-14(13)15)11-5-3-10(8-16)4-6-11;/h2*3-6,9,12H,7H2,1-2H3,(H,17,18);1H2/t2*12-;/m11./s1. The molecule has 6 rings (SSSR count). The molecule has 0 amide bonds. The molecule has 0 radical (unpaired) electrons. The van der Waals surface area contributed by atoms with Gasteiger partial charge in [-0.1, -0.05) is 52.0 Å². The predicted octanol–water partition coefficient (Wildman–Crippen LogP) is 5.36. The molecule has 2 heterocycles. The second kappa shape index (κ2) is 9.69. The van der Waals surface area contributed by atoms with Crippen molar-refractivity contribution in [2.75, 3.05) is 0 Å². The van der Waals surface area contributed by atoms with Crippen LogP contribution in [0.4, 0.5) is 0 Å². The van der Waals surface area contributed by atoms with Gasteiger partial charge in [-0.05, 0) is 48.2 Å². The number of aromatic nitrogens is 4. The lowest BCUT2D eigenvalue weighted by molar-refractivity contribution is 0.483. The number of H-pyrrole nitrogens is 2. The Labute approximate surface area is 217 Å². The van der Waals surface area contributed by atoms with Crippen molar-refractivity contribution in [3.05, 3.63) is 106 Å². The average Bonchev–Trinajstić information content (AvgIpc) is 3.65. The van der Waals surface area contributed by atoms with Crippen LogP contribution in [0, 0.1) is 22.7 Å². The van der Waals surface area contributed by atoms with Gasteiger partial charge in [-0.25, -0.2) is 0 Å². The van der Waals surface area contributed by atoms with Crippen LogP contribution in [0.5, 0.6) is 0 Å². The number of nitrogens with zero attached hydrogens (tertiary/aromatic N) is 4. The summed E-state index contributed by atoms with van der Waals surface area (Å²) in [5, 5.41) is 32.3. The first kappa shape index (κ1) is 25.9. The van der Waals surface area contributed by atoms with E-state index in [-0.39, 0.29) is 16.3 Å². The minimum absolute atomic E-state index is 0. The molecule has 4 aromatic rings. The molecule has 0 unspecified atom stereocenters. The molecular weight excluding hydrogens is 460 g/mol. The Morgan fingerprint density at radius 2 is 1.03 bits per heavy atom. The van der Waals surface area contributed by atoms with E-state index in [1.165, 1.54) is 33.6 Å². The largest absolute Gasteiger partial charge is 0.412 e. The Hall–Kier alpha value is -4.20. The summed E-state index contributed by atoms with van der Waals surface area (Å²) in [4.78, 5) is 0. The van der Waals surface area contributed by atoms with Gasteiger partial charge in [0, 0.05) is 45.2 Å². The minimum atomic E-state index is 0. The molecule has 7 nitrogen and oxygen atoms in total. The van der Waals surface area contributed by atoms with Crippen molar-refractivity contribution in [3.63, 3.8) is 0 Å². The number of hydrogen-bond acceptors (Lipinski definition) is 4. The van der Waals surface area contributed by atoms with Crippen LogP contribution < -0.4 is 0 Å². The zero-order valence-electron chi connectivity index (χ0n) is 21.6. The number of benzene rings is 2. The monoisotopic (exact) mass is 492 g/mol. The molecule has 0 spiro atoms. The number of nitrogens with one attached hydrogen (secondary N) is 2. The summed E-state index contributed by atoms with van der Waals surface area (Å²) in [6.07, 6.45) is 6.05. The van der Waals surface area contributed by atoms with E-state index in [2.05, 4.69) is 84.5 Å². The molecule has 2 aromatic carbocycles. The molecule has 7 heteroatoms. The van der Waals surface area contributed by atoms with Crippen molar-refractivity contribution in [2.24, 2.45) is 0 Å². The summed E-state index contributed by atoms with van der Waals surface area (Å²) in [5.74, 6) is 0.781. The van der Waals surface area contributed by atoms with Crippen molar-refractivity contribution in [1.82, 2.24) is 20.4 Å². The highest BCUT2D eigenvalue weighted by atomic mass is 16.0. The van der Waals surface area contributed by atoms with Crippen molar-refractivity contribution in [2.45, 2.75) is 63.2 Å². The molecule has 4 N–H and O–H groups in total.